The van der Waals surface area contributed by atoms with E-state index >= 15 is 0 Å². The Bertz CT molecular complexity index is 280. The summed E-state index contributed by atoms with van der Waals surface area (Å²) in [5, 5.41) is 0. The summed E-state index contributed by atoms with van der Waals surface area (Å²) in [5.41, 5.74) is 0.847. The predicted octanol–water partition coefficient (Wildman–Crippen LogP) is 7.13. The van der Waals surface area contributed by atoms with Crippen LogP contribution >= 0.6 is 0 Å². The Morgan fingerprint density at radius 3 is 1.25 bits per heavy atom. The largest absolute Gasteiger partial charge is 0.508 e. The molecule has 0 aliphatic carbocycles. The molecule has 0 amide bonds. The number of rotatable bonds is 12. The molecule has 0 bridgehead atoms. The molecule has 0 aromatic heterocycles. The van der Waals surface area contributed by atoms with E-state index < -0.39 is 6.16 Å². The molecular weight excluding hydrogens is 300 g/mol. The minimum Gasteiger partial charge on any atom is -0.434 e. The average Bonchev–Trinajstić information content (AvgIpc) is 2.43. The van der Waals surface area contributed by atoms with Gasteiger partial charge in [0.15, 0.2) is 0 Å². The summed E-state index contributed by atoms with van der Waals surface area (Å²) in [7, 11) is 0. The van der Waals surface area contributed by atoms with E-state index in [1.54, 1.807) is 0 Å². The van der Waals surface area contributed by atoms with Crippen LogP contribution in [-0.4, -0.2) is 19.4 Å². The quantitative estimate of drug-likeness (QED) is 0.279. The molecule has 0 N–H and O–H groups in total. The molecule has 3 nitrogen and oxygen atoms in total. The van der Waals surface area contributed by atoms with Crippen LogP contribution in [0.5, 0.6) is 0 Å². The smallest absolute Gasteiger partial charge is 0.434 e. The van der Waals surface area contributed by atoms with E-state index in [1.165, 1.54) is 38.5 Å². The van der Waals surface area contributed by atoms with Crippen molar-refractivity contribution in [2.24, 2.45) is 10.8 Å². The van der Waals surface area contributed by atoms with Crippen molar-refractivity contribution in [3.63, 3.8) is 0 Å². The van der Waals surface area contributed by atoms with E-state index in [9.17, 15) is 4.79 Å². The molecule has 0 aliphatic heterocycles. The van der Waals surface area contributed by atoms with Gasteiger partial charge in [0.25, 0.3) is 0 Å². The number of carbonyl (C=O) groups excluding carboxylic acids is 1. The van der Waals surface area contributed by atoms with Gasteiger partial charge in [0.2, 0.25) is 0 Å². The monoisotopic (exact) mass is 342 g/mol. The lowest BCUT2D eigenvalue weighted by molar-refractivity contribution is 0.0528. The van der Waals surface area contributed by atoms with Crippen LogP contribution in [0.3, 0.4) is 0 Å². The Labute approximate surface area is 150 Å². The lowest BCUT2D eigenvalue weighted by Crippen LogP contribution is -2.09. The molecule has 0 atom stereocenters. The van der Waals surface area contributed by atoms with Crippen molar-refractivity contribution in [1.29, 1.82) is 0 Å². The lowest BCUT2D eigenvalue weighted by Gasteiger charge is -2.17. The molecule has 0 aromatic rings. The summed E-state index contributed by atoms with van der Waals surface area (Å²) in [6, 6.07) is 0. The first-order chi connectivity index (χ1) is 11.1. The third-order valence-corrected chi connectivity index (χ3v) is 4.08. The second-order valence-electron chi connectivity index (χ2n) is 9.40. The number of unbranched alkanes of at least 4 members (excludes halogenated alkanes) is 6. The van der Waals surface area contributed by atoms with E-state index in [0.29, 0.717) is 24.0 Å². The van der Waals surface area contributed by atoms with Crippen LogP contribution in [0, 0.1) is 10.8 Å². The van der Waals surface area contributed by atoms with Gasteiger partial charge < -0.3 is 9.47 Å². The van der Waals surface area contributed by atoms with Gasteiger partial charge in [0.1, 0.15) is 0 Å². The zero-order chi connectivity index (χ0) is 18.5. The molecule has 24 heavy (non-hydrogen) atoms. The van der Waals surface area contributed by atoms with Gasteiger partial charge in [-0.15, -0.1) is 0 Å². The normalized spacial score (nSPS) is 12.2. The van der Waals surface area contributed by atoms with E-state index in [4.69, 9.17) is 9.47 Å². The number of carbonyl (C=O) groups is 1. The molecule has 144 valence electrons. The number of hydrogen-bond donors (Lipinski definition) is 0. The van der Waals surface area contributed by atoms with Gasteiger partial charge in [0.05, 0.1) is 13.2 Å². The Kier molecular flexibility index (Phi) is 12.2. The first-order valence-electron chi connectivity index (χ1n) is 9.90. The van der Waals surface area contributed by atoms with Crippen LogP contribution < -0.4 is 0 Å². The molecular formula is C21H42O3. The summed E-state index contributed by atoms with van der Waals surface area (Å²) in [5.74, 6) is 0. The molecule has 3 heteroatoms. The molecule has 0 spiro atoms. The van der Waals surface area contributed by atoms with E-state index in [1.807, 2.05) is 0 Å². The molecule has 0 fully saturated rings. The highest BCUT2D eigenvalue weighted by Gasteiger charge is 2.10. The van der Waals surface area contributed by atoms with Crippen LogP contribution in [0.4, 0.5) is 4.79 Å². The van der Waals surface area contributed by atoms with Gasteiger partial charge in [0, 0.05) is 0 Å². The summed E-state index contributed by atoms with van der Waals surface area (Å²) >= 11 is 0. The third-order valence-electron chi connectivity index (χ3n) is 4.08. The molecule has 0 aliphatic rings. The zero-order valence-corrected chi connectivity index (χ0v) is 17.2. The van der Waals surface area contributed by atoms with E-state index in [0.717, 1.165) is 25.7 Å². The topological polar surface area (TPSA) is 35.5 Å². The Hall–Kier alpha value is -0.730. The van der Waals surface area contributed by atoms with Crippen molar-refractivity contribution in [3.05, 3.63) is 0 Å². The van der Waals surface area contributed by atoms with Crippen molar-refractivity contribution < 1.29 is 14.3 Å². The SMILES string of the molecule is CC(C)(C)CCCCCCOC(=O)OCCCCCCC(C)(C)C. The molecule has 0 heterocycles. The van der Waals surface area contributed by atoms with Gasteiger partial charge in [-0.2, -0.15) is 0 Å². The maximum Gasteiger partial charge on any atom is 0.508 e. The zero-order valence-electron chi connectivity index (χ0n) is 17.2. The fraction of sp³-hybridized carbons (Fsp3) is 0.952. The maximum absolute atomic E-state index is 11.4. The van der Waals surface area contributed by atoms with Crippen molar-refractivity contribution in [3.8, 4) is 0 Å². The molecule has 0 saturated heterocycles. The number of ether oxygens (including phenoxy) is 2. The fourth-order valence-electron chi connectivity index (χ4n) is 2.57. The summed E-state index contributed by atoms with van der Waals surface area (Å²) in [6.45, 7) is 14.6. The van der Waals surface area contributed by atoms with E-state index in [-0.39, 0.29) is 0 Å². The average molecular weight is 343 g/mol. The van der Waals surface area contributed by atoms with Gasteiger partial charge in [-0.05, 0) is 36.5 Å². The highest BCUT2D eigenvalue weighted by atomic mass is 16.7. The summed E-state index contributed by atoms with van der Waals surface area (Å²) < 4.78 is 10.2. The minimum atomic E-state index is -0.501. The fourth-order valence-corrected chi connectivity index (χ4v) is 2.57. The Balaban J connectivity index is 3.30. The molecule has 0 saturated carbocycles. The third kappa shape index (κ3) is 19.3. The Morgan fingerprint density at radius 2 is 0.917 bits per heavy atom. The maximum atomic E-state index is 11.4. The van der Waals surface area contributed by atoms with Crippen molar-refractivity contribution in [1.82, 2.24) is 0 Å². The van der Waals surface area contributed by atoms with Crippen LogP contribution in [-0.2, 0) is 9.47 Å². The summed E-state index contributed by atoms with van der Waals surface area (Å²) in [6.07, 6.45) is 11.1. The van der Waals surface area contributed by atoms with Crippen molar-refractivity contribution in [2.45, 2.75) is 106 Å². The lowest BCUT2D eigenvalue weighted by atomic mass is 9.89. The van der Waals surface area contributed by atoms with Crippen LogP contribution in [0.25, 0.3) is 0 Å². The van der Waals surface area contributed by atoms with Gasteiger partial charge in [-0.1, -0.05) is 80.1 Å². The minimum absolute atomic E-state index is 0.424. The van der Waals surface area contributed by atoms with Crippen LogP contribution in [0.15, 0.2) is 0 Å². The second kappa shape index (κ2) is 12.6. The molecule has 0 radical (unpaired) electrons. The van der Waals surface area contributed by atoms with Crippen LogP contribution in [0.1, 0.15) is 106 Å². The molecule has 0 rings (SSSR count). The first kappa shape index (κ1) is 23.3. The second-order valence-corrected chi connectivity index (χ2v) is 9.40. The van der Waals surface area contributed by atoms with Gasteiger partial charge in [-0.25, -0.2) is 4.79 Å². The van der Waals surface area contributed by atoms with E-state index in [2.05, 4.69) is 41.5 Å². The Morgan fingerprint density at radius 1 is 0.583 bits per heavy atom. The molecule has 0 aromatic carbocycles. The molecule has 0 unspecified atom stereocenters. The van der Waals surface area contributed by atoms with Crippen molar-refractivity contribution >= 4 is 6.16 Å². The van der Waals surface area contributed by atoms with Crippen molar-refractivity contribution in [2.75, 3.05) is 13.2 Å². The highest BCUT2D eigenvalue weighted by Crippen LogP contribution is 2.23. The van der Waals surface area contributed by atoms with Crippen LogP contribution in [0.2, 0.25) is 0 Å². The van der Waals surface area contributed by atoms with Gasteiger partial charge in [-0.3, -0.25) is 0 Å². The highest BCUT2D eigenvalue weighted by molar-refractivity contribution is 5.59. The summed E-state index contributed by atoms with van der Waals surface area (Å²) in [4.78, 5) is 11.4. The first-order valence-corrected chi connectivity index (χ1v) is 9.90. The standard InChI is InChI=1S/C21H42O3/c1-20(2,3)15-11-7-9-13-17-23-19(22)24-18-14-10-8-12-16-21(4,5)6/h7-18H2,1-6H3. The predicted molar refractivity (Wildman–Crippen MR) is 102 cm³/mol. The number of hydrogen-bond acceptors (Lipinski definition) is 3. The van der Waals surface area contributed by atoms with Gasteiger partial charge >= 0.3 is 6.16 Å².